The van der Waals surface area contributed by atoms with Crippen molar-refractivity contribution in [2.45, 2.75) is 20.3 Å². The number of nitrogens with one attached hydrogen (secondary N) is 1. The van der Waals surface area contributed by atoms with Crippen molar-refractivity contribution in [3.63, 3.8) is 0 Å². The number of ether oxygens (including phenoxy) is 1. The zero-order valence-corrected chi connectivity index (χ0v) is 14.7. The highest BCUT2D eigenvalue weighted by atomic mass is 19.2. The smallest absolute Gasteiger partial charge is 0.261 e. The summed E-state index contributed by atoms with van der Waals surface area (Å²) in [5.74, 6) is -5.20. The summed E-state index contributed by atoms with van der Waals surface area (Å²) < 4.78 is 49.8. The predicted molar refractivity (Wildman–Crippen MR) is 88.6 cm³/mol. The predicted octanol–water partition coefficient (Wildman–Crippen LogP) is 2.66. The van der Waals surface area contributed by atoms with Crippen LogP contribution in [0.5, 0.6) is 5.88 Å². The zero-order valence-electron chi connectivity index (χ0n) is 14.7. The van der Waals surface area contributed by atoms with E-state index in [1.54, 1.807) is 13.8 Å². The van der Waals surface area contributed by atoms with Crippen molar-refractivity contribution in [1.29, 1.82) is 0 Å². The van der Waals surface area contributed by atoms with E-state index in [1.165, 1.54) is 11.0 Å². The second-order valence-corrected chi connectivity index (χ2v) is 5.65. The highest BCUT2D eigenvalue weighted by Gasteiger charge is 2.20. The minimum atomic E-state index is -1.69. The minimum absolute atomic E-state index is 0.130. The Morgan fingerprint density at radius 3 is 2.63 bits per heavy atom. The Bertz CT molecular complexity index is 826. The second kappa shape index (κ2) is 9.06. The fourth-order valence-electron chi connectivity index (χ4n) is 2.19. The Morgan fingerprint density at radius 2 is 2.00 bits per heavy atom. The van der Waals surface area contributed by atoms with Gasteiger partial charge in [-0.15, -0.1) is 0 Å². The summed E-state index contributed by atoms with van der Waals surface area (Å²) in [4.78, 5) is 25.5. The lowest BCUT2D eigenvalue weighted by Gasteiger charge is -2.21. The molecule has 1 N–H and O–H groups in total. The normalized spacial score (nSPS) is 10.6. The number of carbonyl (C=O) groups excluding carboxylic acids is 2. The van der Waals surface area contributed by atoms with Crippen LogP contribution in [0.15, 0.2) is 22.7 Å². The van der Waals surface area contributed by atoms with E-state index < -0.39 is 41.5 Å². The lowest BCUT2D eigenvalue weighted by molar-refractivity contribution is -0.136. The molecule has 2 aromatic rings. The van der Waals surface area contributed by atoms with Gasteiger partial charge in [0.2, 0.25) is 5.91 Å². The van der Waals surface area contributed by atoms with Crippen LogP contribution in [0.1, 0.15) is 19.1 Å². The van der Waals surface area contributed by atoms with Gasteiger partial charge in [0.15, 0.2) is 24.1 Å². The van der Waals surface area contributed by atoms with E-state index in [9.17, 15) is 22.8 Å². The molecule has 1 heterocycles. The van der Waals surface area contributed by atoms with Gasteiger partial charge in [-0.1, -0.05) is 6.92 Å². The van der Waals surface area contributed by atoms with Crippen LogP contribution in [0, 0.1) is 24.4 Å². The molecule has 0 aliphatic heterocycles. The fraction of sp³-hybridized carbons (Fsp3) is 0.353. The van der Waals surface area contributed by atoms with Crippen molar-refractivity contribution in [3.8, 4) is 5.88 Å². The maximum atomic E-state index is 13.6. The van der Waals surface area contributed by atoms with Crippen LogP contribution in [-0.4, -0.2) is 41.6 Å². The molecule has 0 bridgehead atoms. The van der Waals surface area contributed by atoms with Gasteiger partial charge in [-0.2, -0.15) is 0 Å². The van der Waals surface area contributed by atoms with Crippen molar-refractivity contribution in [3.05, 3.63) is 41.4 Å². The third-order valence-electron chi connectivity index (χ3n) is 3.44. The Morgan fingerprint density at radius 1 is 1.26 bits per heavy atom. The van der Waals surface area contributed by atoms with Crippen molar-refractivity contribution < 1.29 is 32.0 Å². The number of amides is 2. The first-order valence-corrected chi connectivity index (χ1v) is 8.09. The van der Waals surface area contributed by atoms with E-state index in [4.69, 9.17) is 9.26 Å². The third kappa shape index (κ3) is 5.47. The van der Waals surface area contributed by atoms with Crippen LogP contribution in [0.4, 0.5) is 18.9 Å². The first kappa shape index (κ1) is 20.3. The lowest BCUT2D eigenvalue weighted by atomic mass is 10.2. The van der Waals surface area contributed by atoms with Crippen LogP contribution >= 0.6 is 0 Å². The summed E-state index contributed by atoms with van der Waals surface area (Å²) >= 11 is 0. The number of halogens is 3. The van der Waals surface area contributed by atoms with Gasteiger partial charge < -0.3 is 19.5 Å². The SMILES string of the molecule is CCCN(CC(=O)Nc1ccc(F)c(F)c1F)C(=O)COc1cc(C)on1. The van der Waals surface area contributed by atoms with E-state index in [-0.39, 0.29) is 19.0 Å². The number of hydrogen-bond acceptors (Lipinski definition) is 5. The molecule has 1 aromatic heterocycles. The zero-order chi connectivity index (χ0) is 20.0. The van der Waals surface area contributed by atoms with Crippen LogP contribution in [0.3, 0.4) is 0 Å². The van der Waals surface area contributed by atoms with Crippen LogP contribution in [0.25, 0.3) is 0 Å². The molecule has 0 aliphatic carbocycles. The molecular formula is C17H18F3N3O4. The van der Waals surface area contributed by atoms with Gasteiger partial charge in [-0.25, -0.2) is 13.2 Å². The first-order chi connectivity index (χ1) is 12.8. The summed E-state index contributed by atoms with van der Waals surface area (Å²) in [6.07, 6.45) is 0.557. The van der Waals surface area contributed by atoms with E-state index >= 15 is 0 Å². The van der Waals surface area contributed by atoms with Crippen molar-refractivity contribution in [2.24, 2.45) is 0 Å². The van der Waals surface area contributed by atoms with Crippen molar-refractivity contribution in [1.82, 2.24) is 10.1 Å². The van der Waals surface area contributed by atoms with Gasteiger partial charge >= 0.3 is 0 Å². The molecule has 7 nitrogen and oxygen atoms in total. The minimum Gasteiger partial charge on any atom is -0.465 e. The number of anilines is 1. The number of nitrogens with zero attached hydrogens (tertiary/aromatic N) is 2. The average Bonchev–Trinajstić information content (AvgIpc) is 3.05. The molecule has 10 heteroatoms. The maximum Gasteiger partial charge on any atom is 0.261 e. The summed E-state index contributed by atoms with van der Waals surface area (Å²) in [7, 11) is 0. The monoisotopic (exact) mass is 385 g/mol. The highest BCUT2D eigenvalue weighted by Crippen LogP contribution is 2.19. The van der Waals surface area contributed by atoms with Gasteiger partial charge in [0, 0.05) is 12.6 Å². The molecule has 0 unspecified atom stereocenters. The largest absolute Gasteiger partial charge is 0.465 e. The molecule has 2 amide bonds. The fourth-order valence-corrected chi connectivity index (χ4v) is 2.19. The second-order valence-electron chi connectivity index (χ2n) is 5.65. The Kier molecular flexibility index (Phi) is 6.80. The molecule has 1 aromatic carbocycles. The first-order valence-electron chi connectivity index (χ1n) is 8.09. The third-order valence-corrected chi connectivity index (χ3v) is 3.44. The molecule has 0 aliphatic rings. The Balaban J connectivity index is 1.96. The van der Waals surface area contributed by atoms with E-state index in [1.807, 2.05) is 0 Å². The topological polar surface area (TPSA) is 84.7 Å². The molecule has 146 valence electrons. The lowest BCUT2D eigenvalue weighted by Crippen LogP contribution is -2.41. The van der Waals surface area contributed by atoms with Crippen LogP contribution in [-0.2, 0) is 9.59 Å². The maximum absolute atomic E-state index is 13.6. The molecule has 0 saturated carbocycles. The molecule has 2 rings (SSSR count). The summed E-state index contributed by atoms with van der Waals surface area (Å²) in [5, 5.41) is 5.70. The quantitative estimate of drug-likeness (QED) is 0.707. The average molecular weight is 385 g/mol. The van der Waals surface area contributed by atoms with E-state index in [0.29, 0.717) is 18.2 Å². The van der Waals surface area contributed by atoms with Crippen LogP contribution < -0.4 is 10.1 Å². The molecule has 0 saturated heterocycles. The van der Waals surface area contributed by atoms with Gasteiger partial charge in [0.05, 0.1) is 12.2 Å². The molecule has 0 atom stereocenters. The summed E-state index contributed by atoms with van der Waals surface area (Å²) in [6, 6.07) is 3.08. The van der Waals surface area contributed by atoms with Gasteiger partial charge in [0.25, 0.3) is 11.8 Å². The van der Waals surface area contributed by atoms with Gasteiger partial charge in [-0.3, -0.25) is 9.59 Å². The van der Waals surface area contributed by atoms with Gasteiger partial charge in [-0.05, 0) is 30.6 Å². The van der Waals surface area contributed by atoms with Gasteiger partial charge in [0.1, 0.15) is 5.76 Å². The number of aromatic nitrogens is 1. The molecule has 0 fully saturated rings. The molecule has 27 heavy (non-hydrogen) atoms. The molecule has 0 spiro atoms. The molecular weight excluding hydrogens is 367 g/mol. The standard InChI is InChI=1S/C17H18F3N3O4/c1-3-6-23(15(25)9-26-14-7-10(2)27-22-14)8-13(24)21-12-5-4-11(18)16(19)17(12)20/h4-5,7H,3,6,8-9H2,1-2H3,(H,21,24). The Hall–Kier alpha value is -3.04. The van der Waals surface area contributed by atoms with E-state index in [2.05, 4.69) is 10.5 Å². The summed E-state index contributed by atoms with van der Waals surface area (Å²) in [6.45, 7) is 2.92. The highest BCUT2D eigenvalue weighted by molar-refractivity contribution is 5.94. The number of rotatable bonds is 8. The van der Waals surface area contributed by atoms with Crippen LogP contribution in [0.2, 0.25) is 0 Å². The number of aryl methyl sites for hydroxylation is 1. The summed E-state index contributed by atoms with van der Waals surface area (Å²) in [5.41, 5.74) is -0.517. The number of benzene rings is 1. The number of carbonyl (C=O) groups is 2. The molecule has 0 radical (unpaired) electrons. The van der Waals surface area contributed by atoms with E-state index in [0.717, 1.165) is 6.07 Å². The van der Waals surface area contributed by atoms with Crippen molar-refractivity contribution >= 4 is 17.5 Å². The Labute approximate surface area is 153 Å². The van der Waals surface area contributed by atoms with Crippen molar-refractivity contribution in [2.75, 3.05) is 25.0 Å². The number of hydrogen-bond donors (Lipinski definition) is 1.